The zero-order valence-corrected chi connectivity index (χ0v) is 12.6. The van der Waals surface area contributed by atoms with E-state index in [9.17, 15) is 5.11 Å². The maximum atomic E-state index is 9.96. The highest BCUT2D eigenvalue weighted by atomic mass is 16.3. The molecule has 114 valence electrons. The number of nitrogens with zero attached hydrogens (tertiary/aromatic N) is 3. The van der Waals surface area contributed by atoms with Crippen LogP contribution < -0.4 is 5.73 Å². The second-order valence-electron chi connectivity index (χ2n) is 5.95. The van der Waals surface area contributed by atoms with Gasteiger partial charge in [0.25, 0.3) is 0 Å². The molecule has 3 N–H and O–H groups in total. The predicted molar refractivity (Wildman–Crippen MR) is 85.1 cm³/mol. The van der Waals surface area contributed by atoms with Gasteiger partial charge in [-0.3, -0.25) is 0 Å². The van der Waals surface area contributed by atoms with Crippen molar-refractivity contribution >= 4 is 16.7 Å². The molecular formula is C16H24N4O. The summed E-state index contributed by atoms with van der Waals surface area (Å²) in [7, 11) is 0. The molecule has 3 rings (SSSR count). The number of hydrogen-bond acceptors (Lipinski definition) is 4. The van der Waals surface area contributed by atoms with Gasteiger partial charge in [-0.2, -0.15) is 0 Å². The summed E-state index contributed by atoms with van der Waals surface area (Å²) in [6, 6.07) is 5.77. The van der Waals surface area contributed by atoms with Crippen LogP contribution in [0, 0.1) is 0 Å². The van der Waals surface area contributed by atoms with Gasteiger partial charge in [-0.15, -0.1) is 0 Å². The van der Waals surface area contributed by atoms with Crippen molar-refractivity contribution in [3.8, 4) is 0 Å². The molecular weight excluding hydrogens is 264 g/mol. The summed E-state index contributed by atoms with van der Waals surface area (Å²) in [6.45, 7) is 6.22. The first-order chi connectivity index (χ1) is 10.1. The fraction of sp³-hybridized carbons (Fsp3) is 0.562. The second-order valence-corrected chi connectivity index (χ2v) is 5.95. The molecule has 0 bridgehead atoms. The summed E-state index contributed by atoms with van der Waals surface area (Å²) >= 11 is 0. The average molecular weight is 288 g/mol. The number of fused-ring (bicyclic) bond motifs is 1. The first-order valence-electron chi connectivity index (χ1n) is 7.81. The third-order valence-electron chi connectivity index (χ3n) is 4.23. The summed E-state index contributed by atoms with van der Waals surface area (Å²) in [4.78, 5) is 7.06. The van der Waals surface area contributed by atoms with Crippen LogP contribution in [-0.4, -0.2) is 39.2 Å². The lowest BCUT2D eigenvalue weighted by Crippen LogP contribution is -2.22. The number of aliphatic hydroxyl groups is 1. The van der Waals surface area contributed by atoms with Crippen LogP contribution in [0.3, 0.4) is 0 Å². The van der Waals surface area contributed by atoms with E-state index >= 15 is 0 Å². The van der Waals surface area contributed by atoms with E-state index in [4.69, 9.17) is 5.73 Å². The molecule has 1 saturated heterocycles. The van der Waals surface area contributed by atoms with Crippen LogP contribution >= 0.6 is 0 Å². The fourth-order valence-corrected chi connectivity index (χ4v) is 3.18. The Balaban J connectivity index is 1.79. The van der Waals surface area contributed by atoms with Crippen LogP contribution in [0.1, 0.15) is 38.1 Å². The van der Waals surface area contributed by atoms with Gasteiger partial charge in [0, 0.05) is 12.2 Å². The van der Waals surface area contributed by atoms with Crippen molar-refractivity contribution in [1.29, 1.82) is 0 Å². The molecule has 21 heavy (non-hydrogen) atoms. The van der Waals surface area contributed by atoms with E-state index in [1.165, 1.54) is 25.9 Å². The number of benzene rings is 1. The van der Waals surface area contributed by atoms with Crippen LogP contribution in [0.5, 0.6) is 0 Å². The van der Waals surface area contributed by atoms with Crippen molar-refractivity contribution in [2.45, 2.75) is 38.8 Å². The third-order valence-corrected chi connectivity index (χ3v) is 4.23. The van der Waals surface area contributed by atoms with Crippen molar-refractivity contribution < 1.29 is 5.11 Å². The first kappa shape index (κ1) is 14.4. The Morgan fingerprint density at radius 2 is 2.05 bits per heavy atom. The standard InChI is InChI=1S/C16H24N4O/c1-12(21)16-18-14-11-13(17)5-6-15(14)20(16)10-4-9-19-7-2-3-8-19/h5-6,11-12,21H,2-4,7-10,17H2,1H3. The average Bonchev–Trinajstić information content (AvgIpc) is 3.06. The van der Waals surface area contributed by atoms with Gasteiger partial charge in [-0.05, 0) is 64.0 Å². The summed E-state index contributed by atoms with van der Waals surface area (Å²) in [6.07, 6.45) is 3.17. The Hall–Kier alpha value is -1.59. The van der Waals surface area contributed by atoms with Gasteiger partial charge in [0.2, 0.25) is 0 Å². The molecule has 5 heteroatoms. The maximum absolute atomic E-state index is 9.96. The van der Waals surface area contributed by atoms with Gasteiger partial charge in [-0.25, -0.2) is 4.98 Å². The topological polar surface area (TPSA) is 67.3 Å². The lowest BCUT2D eigenvalue weighted by Gasteiger charge is -2.16. The van der Waals surface area contributed by atoms with Crippen molar-refractivity contribution in [3.63, 3.8) is 0 Å². The highest BCUT2D eigenvalue weighted by molar-refractivity contribution is 5.79. The molecule has 0 amide bonds. The van der Waals surface area contributed by atoms with Crippen molar-refractivity contribution in [1.82, 2.24) is 14.5 Å². The monoisotopic (exact) mass is 288 g/mol. The number of aromatic nitrogens is 2. The molecule has 0 saturated carbocycles. The normalized spacial score (nSPS) is 17.6. The maximum Gasteiger partial charge on any atom is 0.138 e. The largest absolute Gasteiger partial charge is 0.399 e. The van der Waals surface area contributed by atoms with E-state index < -0.39 is 6.10 Å². The lowest BCUT2D eigenvalue weighted by molar-refractivity contribution is 0.183. The first-order valence-corrected chi connectivity index (χ1v) is 7.81. The number of aryl methyl sites for hydroxylation is 1. The minimum Gasteiger partial charge on any atom is -0.399 e. The van der Waals surface area contributed by atoms with E-state index in [1.54, 1.807) is 6.92 Å². The quantitative estimate of drug-likeness (QED) is 0.827. The Morgan fingerprint density at radius 1 is 1.29 bits per heavy atom. The molecule has 0 radical (unpaired) electrons. The van der Waals surface area contributed by atoms with Crippen LogP contribution in [0.15, 0.2) is 18.2 Å². The van der Waals surface area contributed by atoms with Gasteiger partial charge < -0.3 is 20.3 Å². The van der Waals surface area contributed by atoms with Crippen LogP contribution in [-0.2, 0) is 6.54 Å². The van der Waals surface area contributed by atoms with Crippen molar-refractivity contribution in [2.24, 2.45) is 0 Å². The van der Waals surface area contributed by atoms with Crippen LogP contribution in [0.4, 0.5) is 5.69 Å². The molecule has 1 aromatic heterocycles. The molecule has 1 aliphatic heterocycles. The molecule has 1 aliphatic rings. The number of rotatable bonds is 5. The molecule has 1 aromatic carbocycles. The lowest BCUT2D eigenvalue weighted by atomic mass is 10.2. The van der Waals surface area contributed by atoms with Crippen LogP contribution in [0.2, 0.25) is 0 Å². The predicted octanol–water partition coefficient (Wildman–Crippen LogP) is 2.16. The molecule has 1 unspecified atom stereocenters. The molecule has 5 nitrogen and oxygen atoms in total. The Labute approximate surface area is 125 Å². The van der Waals surface area contributed by atoms with Crippen LogP contribution in [0.25, 0.3) is 11.0 Å². The van der Waals surface area contributed by atoms with Gasteiger partial charge in [0.1, 0.15) is 11.9 Å². The Morgan fingerprint density at radius 3 is 2.76 bits per heavy atom. The van der Waals surface area contributed by atoms with E-state index in [-0.39, 0.29) is 0 Å². The van der Waals surface area contributed by atoms with E-state index in [2.05, 4.69) is 14.5 Å². The summed E-state index contributed by atoms with van der Waals surface area (Å²) in [5.41, 5.74) is 8.46. The summed E-state index contributed by atoms with van der Waals surface area (Å²) < 4.78 is 2.13. The van der Waals surface area contributed by atoms with E-state index in [0.29, 0.717) is 5.69 Å². The summed E-state index contributed by atoms with van der Waals surface area (Å²) in [5, 5.41) is 9.96. The molecule has 0 spiro atoms. The smallest absolute Gasteiger partial charge is 0.138 e. The number of anilines is 1. The zero-order chi connectivity index (χ0) is 14.8. The second kappa shape index (κ2) is 6.03. The van der Waals surface area contributed by atoms with Gasteiger partial charge in [0.05, 0.1) is 11.0 Å². The number of aliphatic hydroxyl groups excluding tert-OH is 1. The van der Waals surface area contributed by atoms with Gasteiger partial charge in [0.15, 0.2) is 0 Å². The third kappa shape index (κ3) is 3.04. The SMILES string of the molecule is CC(O)c1nc2cc(N)ccc2n1CCCN1CCCC1. The molecule has 2 aromatic rings. The molecule has 0 aliphatic carbocycles. The van der Waals surface area contributed by atoms with Crippen molar-refractivity contribution in [2.75, 3.05) is 25.4 Å². The summed E-state index contributed by atoms with van der Waals surface area (Å²) in [5.74, 6) is 0.733. The van der Waals surface area contributed by atoms with Gasteiger partial charge in [-0.1, -0.05) is 0 Å². The Bertz CT molecular complexity index is 614. The van der Waals surface area contributed by atoms with E-state index in [1.807, 2.05) is 18.2 Å². The molecule has 1 atom stereocenters. The number of likely N-dealkylation sites (tertiary alicyclic amines) is 1. The fourth-order valence-electron chi connectivity index (χ4n) is 3.18. The van der Waals surface area contributed by atoms with Gasteiger partial charge >= 0.3 is 0 Å². The number of hydrogen-bond donors (Lipinski definition) is 2. The highest BCUT2D eigenvalue weighted by Crippen LogP contribution is 2.23. The number of nitrogen functional groups attached to an aromatic ring is 1. The Kier molecular flexibility index (Phi) is 4.12. The number of imidazole rings is 1. The minimum absolute atomic E-state index is 0.564. The van der Waals surface area contributed by atoms with Crippen molar-refractivity contribution in [3.05, 3.63) is 24.0 Å². The highest BCUT2D eigenvalue weighted by Gasteiger charge is 2.16. The molecule has 1 fully saturated rings. The zero-order valence-electron chi connectivity index (χ0n) is 12.6. The molecule has 2 heterocycles. The minimum atomic E-state index is -0.564. The number of nitrogens with two attached hydrogens (primary N) is 1. The van der Waals surface area contributed by atoms with E-state index in [0.717, 1.165) is 36.4 Å².